The van der Waals surface area contributed by atoms with Crippen LogP contribution in [0.2, 0.25) is 0 Å². The Labute approximate surface area is 141 Å². The van der Waals surface area contributed by atoms with E-state index in [9.17, 15) is 9.59 Å². The highest BCUT2D eigenvalue weighted by Crippen LogP contribution is 2.17. The average molecular weight is 330 g/mol. The molecule has 0 aliphatic carbocycles. The van der Waals surface area contributed by atoms with Crippen molar-refractivity contribution in [1.29, 1.82) is 0 Å². The summed E-state index contributed by atoms with van der Waals surface area (Å²) in [7, 11) is 1.50. The van der Waals surface area contributed by atoms with E-state index in [-0.39, 0.29) is 24.3 Å². The molecule has 6 nitrogen and oxygen atoms in total. The summed E-state index contributed by atoms with van der Waals surface area (Å²) in [6, 6.07) is 9.77. The van der Waals surface area contributed by atoms with Gasteiger partial charge in [0.15, 0.2) is 0 Å². The number of nitrogens with one attached hydrogen (secondary N) is 2. The van der Waals surface area contributed by atoms with Gasteiger partial charge in [-0.2, -0.15) is 0 Å². The molecule has 0 saturated carbocycles. The van der Waals surface area contributed by atoms with Gasteiger partial charge in [0.1, 0.15) is 17.6 Å². The Morgan fingerprint density at radius 3 is 2.54 bits per heavy atom. The van der Waals surface area contributed by atoms with Gasteiger partial charge in [0, 0.05) is 0 Å². The van der Waals surface area contributed by atoms with E-state index in [1.165, 1.54) is 7.11 Å². The average Bonchev–Trinajstić information content (AvgIpc) is 3.10. The Balaban J connectivity index is 2.04. The van der Waals surface area contributed by atoms with Crippen LogP contribution in [0.15, 0.2) is 47.1 Å². The van der Waals surface area contributed by atoms with Crippen molar-refractivity contribution in [3.63, 3.8) is 0 Å². The first-order chi connectivity index (χ1) is 11.5. The van der Waals surface area contributed by atoms with Crippen LogP contribution in [-0.4, -0.2) is 25.0 Å². The second kappa shape index (κ2) is 8.19. The van der Waals surface area contributed by atoms with E-state index in [1.54, 1.807) is 42.7 Å². The van der Waals surface area contributed by atoms with Crippen molar-refractivity contribution in [3.05, 3.63) is 54.0 Å². The molecule has 6 heteroatoms. The lowest BCUT2D eigenvalue weighted by atomic mass is 10.0. The van der Waals surface area contributed by atoms with Crippen molar-refractivity contribution < 1.29 is 18.7 Å². The summed E-state index contributed by atoms with van der Waals surface area (Å²) in [5.41, 5.74) is 0.393. The Bertz CT molecular complexity index is 680. The summed E-state index contributed by atoms with van der Waals surface area (Å²) in [6.45, 7) is 4.03. The highest BCUT2D eigenvalue weighted by molar-refractivity contribution is 5.99. The van der Waals surface area contributed by atoms with Gasteiger partial charge < -0.3 is 19.8 Å². The molecule has 0 radical (unpaired) electrons. The Kier molecular flexibility index (Phi) is 6.01. The highest BCUT2D eigenvalue weighted by Gasteiger charge is 2.25. The molecule has 24 heavy (non-hydrogen) atoms. The lowest BCUT2D eigenvalue weighted by molar-refractivity contribution is -0.124. The van der Waals surface area contributed by atoms with E-state index in [2.05, 4.69) is 10.6 Å². The number of amides is 2. The van der Waals surface area contributed by atoms with Gasteiger partial charge in [-0.3, -0.25) is 9.59 Å². The predicted molar refractivity (Wildman–Crippen MR) is 89.6 cm³/mol. The van der Waals surface area contributed by atoms with Crippen LogP contribution < -0.4 is 15.4 Å². The van der Waals surface area contributed by atoms with Crippen LogP contribution in [-0.2, 0) is 11.3 Å². The smallest absolute Gasteiger partial charge is 0.255 e. The Morgan fingerprint density at radius 2 is 1.92 bits per heavy atom. The largest absolute Gasteiger partial charge is 0.496 e. The van der Waals surface area contributed by atoms with Gasteiger partial charge in [0.25, 0.3) is 5.91 Å². The van der Waals surface area contributed by atoms with Gasteiger partial charge in [-0.25, -0.2) is 0 Å². The molecule has 1 aromatic carbocycles. The maximum atomic E-state index is 12.5. The van der Waals surface area contributed by atoms with Crippen molar-refractivity contribution in [1.82, 2.24) is 10.6 Å². The van der Waals surface area contributed by atoms with Gasteiger partial charge in [-0.15, -0.1) is 0 Å². The summed E-state index contributed by atoms with van der Waals surface area (Å²) >= 11 is 0. The molecule has 0 fully saturated rings. The standard InChI is InChI=1S/C18H22N2O4/c1-12(2)16(18(22)19-11-13-7-6-10-24-13)20-17(21)14-8-4-5-9-15(14)23-3/h4-10,12,16H,11H2,1-3H3,(H,19,22)(H,20,21)/t16-/m0/s1. The number of carbonyl (C=O) groups excluding carboxylic acids is 2. The summed E-state index contributed by atoms with van der Waals surface area (Å²) in [5.74, 6) is 0.444. The SMILES string of the molecule is COc1ccccc1C(=O)N[C@H](C(=O)NCc1ccco1)C(C)C. The fourth-order valence-corrected chi connectivity index (χ4v) is 2.28. The fraction of sp³-hybridized carbons (Fsp3) is 0.333. The van der Waals surface area contributed by atoms with Crippen LogP contribution in [0.4, 0.5) is 0 Å². The van der Waals surface area contributed by atoms with Crippen LogP contribution in [0.25, 0.3) is 0 Å². The number of benzene rings is 1. The van der Waals surface area contributed by atoms with E-state index in [4.69, 9.17) is 9.15 Å². The Hall–Kier alpha value is -2.76. The Morgan fingerprint density at radius 1 is 1.17 bits per heavy atom. The molecular weight excluding hydrogens is 308 g/mol. The monoisotopic (exact) mass is 330 g/mol. The maximum absolute atomic E-state index is 12.5. The molecule has 2 aromatic rings. The number of ether oxygens (including phenoxy) is 1. The molecule has 2 N–H and O–H groups in total. The van der Waals surface area contributed by atoms with E-state index in [0.717, 1.165) is 0 Å². The van der Waals surface area contributed by atoms with Crippen LogP contribution in [0.1, 0.15) is 30.0 Å². The van der Waals surface area contributed by atoms with Gasteiger partial charge in [0.05, 0.1) is 25.5 Å². The molecule has 1 aromatic heterocycles. The van der Waals surface area contributed by atoms with E-state index in [0.29, 0.717) is 17.1 Å². The zero-order valence-electron chi connectivity index (χ0n) is 14.0. The third-order valence-corrected chi connectivity index (χ3v) is 3.60. The number of carbonyl (C=O) groups is 2. The normalized spacial score (nSPS) is 11.8. The number of rotatable bonds is 7. The number of hydrogen-bond acceptors (Lipinski definition) is 4. The minimum Gasteiger partial charge on any atom is -0.496 e. The molecular formula is C18H22N2O4. The van der Waals surface area contributed by atoms with Crippen molar-refractivity contribution in [3.8, 4) is 5.75 Å². The quantitative estimate of drug-likeness (QED) is 0.817. The number of methoxy groups -OCH3 is 1. The molecule has 2 amide bonds. The molecule has 0 aliphatic rings. The highest BCUT2D eigenvalue weighted by atomic mass is 16.5. The minimum absolute atomic E-state index is 0.0692. The predicted octanol–water partition coefficient (Wildman–Crippen LogP) is 2.36. The number of hydrogen-bond donors (Lipinski definition) is 2. The molecule has 0 bridgehead atoms. The summed E-state index contributed by atoms with van der Waals surface area (Å²) in [4.78, 5) is 24.9. The summed E-state index contributed by atoms with van der Waals surface area (Å²) in [6.07, 6.45) is 1.55. The fourth-order valence-electron chi connectivity index (χ4n) is 2.28. The number of para-hydroxylation sites is 1. The maximum Gasteiger partial charge on any atom is 0.255 e. The third kappa shape index (κ3) is 4.38. The molecule has 0 spiro atoms. The van der Waals surface area contributed by atoms with Crippen LogP contribution >= 0.6 is 0 Å². The van der Waals surface area contributed by atoms with Crippen molar-refractivity contribution in [2.45, 2.75) is 26.4 Å². The minimum atomic E-state index is -0.655. The molecule has 128 valence electrons. The van der Waals surface area contributed by atoms with E-state index >= 15 is 0 Å². The zero-order valence-corrected chi connectivity index (χ0v) is 14.0. The number of furan rings is 1. The third-order valence-electron chi connectivity index (χ3n) is 3.60. The summed E-state index contributed by atoms with van der Waals surface area (Å²) < 4.78 is 10.4. The van der Waals surface area contributed by atoms with Gasteiger partial charge in [-0.1, -0.05) is 26.0 Å². The zero-order chi connectivity index (χ0) is 17.5. The van der Waals surface area contributed by atoms with Crippen LogP contribution in [0, 0.1) is 5.92 Å². The van der Waals surface area contributed by atoms with E-state index in [1.807, 2.05) is 13.8 Å². The van der Waals surface area contributed by atoms with Gasteiger partial charge in [0.2, 0.25) is 5.91 Å². The van der Waals surface area contributed by atoms with E-state index < -0.39 is 6.04 Å². The first-order valence-corrected chi connectivity index (χ1v) is 7.77. The van der Waals surface area contributed by atoms with Crippen molar-refractivity contribution in [2.24, 2.45) is 5.92 Å². The second-order valence-electron chi connectivity index (χ2n) is 5.69. The molecule has 1 heterocycles. The van der Waals surface area contributed by atoms with Crippen molar-refractivity contribution in [2.75, 3.05) is 7.11 Å². The molecule has 0 unspecified atom stereocenters. The molecule has 1 atom stereocenters. The first-order valence-electron chi connectivity index (χ1n) is 7.77. The second-order valence-corrected chi connectivity index (χ2v) is 5.69. The van der Waals surface area contributed by atoms with Gasteiger partial charge >= 0.3 is 0 Å². The lowest BCUT2D eigenvalue weighted by Gasteiger charge is -2.22. The van der Waals surface area contributed by atoms with Crippen LogP contribution in [0.3, 0.4) is 0 Å². The van der Waals surface area contributed by atoms with Gasteiger partial charge in [-0.05, 0) is 30.2 Å². The summed E-state index contributed by atoms with van der Waals surface area (Å²) in [5, 5.41) is 5.55. The lowest BCUT2D eigenvalue weighted by Crippen LogP contribution is -2.49. The topological polar surface area (TPSA) is 80.6 Å². The molecule has 2 rings (SSSR count). The van der Waals surface area contributed by atoms with Crippen molar-refractivity contribution >= 4 is 11.8 Å². The van der Waals surface area contributed by atoms with Crippen LogP contribution in [0.5, 0.6) is 5.75 Å². The first kappa shape index (κ1) is 17.6. The molecule has 0 saturated heterocycles. The molecule has 0 aliphatic heterocycles.